The first kappa shape index (κ1) is 10.5. The average molecular weight is 217 g/mol. The Bertz CT molecular complexity index is 415. The summed E-state index contributed by atoms with van der Waals surface area (Å²) in [5, 5.41) is 8.45. The predicted octanol–water partition coefficient (Wildman–Crippen LogP) is 2.36. The standard InChI is InChI=1S/C8H3ClF2N2O/c9-6-2-13-7(8(10)11)4(1-12)5(6)3-14/h2-3,8H. The molecule has 14 heavy (non-hydrogen) atoms. The molecule has 0 aliphatic carbocycles. The van der Waals surface area contributed by atoms with Gasteiger partial charge in [0.15, 0.2) is 6.29 Å². The van der Waals surface area contributed by atoms with Crippen molar-refractivity contribution in [1.82, 2.24) is 4.98 Å². The summed E-state index contributed by atoms with van der Waals surface area (Å²) < 4.78 is 24.6. The summed E-state index contributed by atoms with van der Waals surface area (Å²) in [4.78, 5) is 13.8. The van der Waals surface area contributed by atoms with E-state index in [2.05, 4.69) is 4.98 Å². The molecule has 0 aromatic carbocycles. The molecule has 0 spiro atoms. The van der Waals surface area contributed by atoms with Gasteiger partial charge in [0.05, 0.1) is 16.1 Å². The van der Waals surface area contributed by atoms with Crippen molar-refractivity contribution in [3.8, 4) is 6.07 Å². The maximum Gasteiger partial charge on any atom is 0.281 e. The molecule has 3 nitrogen and oxygen atoms in total. The summed E-state index contributed by atoms with van der Waals surface area (Å²) in [5.41, 5.74) is -1.44. The van der Waals surface area contributed by atoms with Crippen LogP contribution in [0, 0.1) is 11.3 Å². The first-order valence-electron chi connectivity index (χ1n) is 3.43. The number of hydrogen-bond acceptors (Lipinski definition) is 3. The molecule has 6 heteroatoms. The van der Waals surface area contributed by atoms with Gasteiger partial charge in [0, 0.05) is 6.20 Å². The van der Waals surface area contributed by atoms with E-state index in [1.165, 1.54) is 6.07 Å². The van der Waals surface area contributed by atoms with Crippen LogP contribution < -0.4 is 0 Å². The van der Waals surface area contributed by atoms with E-state index in [0.717, 1.165) is 6.20 Å². The van der Waals surface area contributed by atoms with Gasteiger partial charge in [0.25, 0.3) is 6.43 Å². The third-order valence-corrected chi connectivity index (χ3v) is 1.84. The SMILES string of the molecule is N#Cc1c(C(F)F)ncc(Cl)c1C=O. The molecule has 0 aliphatic heterocycles. The Labute approximate surface area is 82.9 Å². The molecule has 0 bridgehead atoms. The minimum absolute atomic E-state index is 0.110. The van der Waals surface area contributed by atoms with Crippen LogP contribution in [0.2, 0.25) is 5.02 Å². The van der Waals surface area contributed by atoms with Crippen LogP contribution in [0.3, 0.4) is 0 Å². The second kappa shape index (κ2) is 4.11. The van der Waals surface area contributed by atoms with Crippen LogP contribution in [0.15, 0.2) is 6.20 Å². The molecule has 1 aromatic rings. The van der Waals surface area contributed by atoms with Gasteiger partial charge in [0.2, 0.25) is 0 Å². The number of rotatable bonds is 2. The van der Waals surface area contributed by atoms with Crippen molar-refractivity contribution in [2.24, 2.45) is 0 Å². The first-order chi connectivity index (χ1) is 6.61. The zero-order valence-corrected chi connectivity index (χ0v) is 7.42. The van der Waals surface area contributed by atoms with E-state index in [9.17, 15) is 13.6 Å². The van der Waals surface area contributed by atoms with Gasteiger partial charge in [-0.15, -0.1) is 0 Å². The van der Waals surface area contributed by atoms with E-state index in [4.69, 9.17) is 16.9 Å². The summed E-state index contributed by atoms with van der Waals surface area (Å²) in [6, 6.07) is 1.48. The molecule has 0 amide bonds. The Hall–Kier alpha value is -1.54. The summed E-state index contributed by atoms with van der Waals surface area (Å²) in [7, 11) is 0. The number of aldehydes is 1. The van der Waals surface area contributed by atoms with Gasteiger partial charge in [-0.3, -0.25) is 9.78 Å². The number of nitrogens with zero attached hydrogens (tertiary/aromatic N) is 2. The molecule has 72 valence electrons. The number of carbonyl (C=O) groups excluding carboxylic acids is 1. The molecule has 0 saturated heterocycles. The summed E-state index contributed by atoms with van der Waals surface area (Å²) in [6.07, 6.45) is -1.72. The topological polar surface area (TPSA) is 53.8 Å². The van der Waals surface area contributed by atoms with Crippen molar-refractivity contribution in [3.63, 3.8) is 0 Å². The lowest BCUT2D eigenvalue weighted by atomic mass is 10.1. The highest BCUT2D eigenvalue weighted by molar-refractivity contribution is 6.33. The van der Waals surface area contributed by atoms with E-state index in [1.54, 1.807) is 0 Å². The van der Waals surface area contributed by atoms with Crippen molar-refractivity contribution >= 4 is 17.9 Å². The molecule has 0 atom stereocenters. The maximum atomic E-state index is 12.3. The number of aromatic nitrogens is 1. The van der Waals surface area contributed by atoms with Crippen LogP contribution in [0.1, 0.15) is 28.0 Å². The molecule has 0 unspecified atom stereocenters. The Kier molecular flexibility index (Phi) is 3.10. The van der Waals surface area contributed by atoms with Gasteiger partial charge in [-0.05, 0) is 0 Å². The molecule has 0 fully saturated rings. The third kappa shape index (κ3) is 1.70. The smallest absolute Gasteiger partial charge is 0.281 e. The summed E-state index contributed by atoms with van der Waals surface area (Å²) in [6.45, 7) is 0. The van der Waals surface area contributed by atoms with Crippen LogP contribution >= 0.6 is 11.6 Å². The fourth-order valence-electron chi connectivity index (χ4n) is 0.916. The molecule has 1 aromatic heterocycles. The lowest BCUT2D eigenvalue weighted by Gasteiger charge is -2.04. The summed E-state index contributed by atoms with van der Waals surface area (Å²) >= 11 is 5.50. The molecule has 0 saturated carbocycles. The fraction of sp³-hybridized carbons (Fsp3) is 0.125. The number of nitriles is 1. The Balaban J connectivity index is 3.50. The van der Waals surface area contributed by atoms with Crippen molar-refractivity contribution in [2.45, 2.75) is 6.43 Å². The van der Waals surface area contributed by atoms with E-state index < -0.39 is 17.7 Å². The quantitative estimate of drug-likeness (QED) is 0.713. The summed E-state index contributed by atoms with van der Waals surface area (Å²) in [5.74, 6) is 0. The number of halogens is 3. The minimum Gasteiger partial charge on any atom is -0.298 e. The van der Waals surface area contributed by atoms with Crippen LogP contribution in [0.4, 0.5) is 8.78 Å². The maximum absolute atomic E-state index is 12.3. The van der Waals surface area contributed by atoms with Gasteiger partial charge in [-0.25, -0.2) is 8.78 Å². The first-order valence-corrected chi connectivity index (χ1v) is 3.81. The van der Waals surface area contributed by atoms with E-state index >= 15 is 0 Å². The zero-order chi connectivity index (χ0) is 10.7. The normalized spacial score (nSPS) is 9.93. The monoisotopic (exact) mass is 216 g/mol. The molecule has 0 radical (unpaired) electrons. The van der Waals surface area contributed by atoms with Crippen molar-refractivity contribution in [1.29, 1.82) is 5.26 Å². The molecular formula is C8H3ClF2N2O. The minimum atomic E-state index is -2.90. The Morgan fingerprint density at radius 2 is 2.29 bits per heavy atom. The van der Waals surface area contributed by atoms with Crippen molar-refractivity contribution in [2.75, 3.05) is 0 Å². The molecule has 0 N–H and O–H groups in total. The van der Waals surface area contributed by atoms with E-state index in [0.29, 0.717) is 0 Å². The highest BCUT2D eigenvalue weighted by Crippen LogP contribution is 2.25. The number of hydrogen-bond donors (Lipinski definition) is 0. The number of carbonyl (C=O) groups is 1. The van der Waals surface area contributed by atoms with Crippen LogP contribution in [-0.2, 0) is 0 Å². The third-order valence-electron chi connectivity index (χ3n) is 1.54. The average Bonchev–Trinajstić information content (AvgIpc) is 2.16. The van der Waals surface area contributed by atoms with Crippen molar-refractivity contribution < 1.29 is 13.6 Å². The van der Waals surface area contributed by atoms with Crippen LogP contribution in [0.25, 0.3) is 0 Å². The van der Waals surface area contributed by atoms with Crippen LogP contribution in [-0.4, -0.2) is 11.3 Å². The zero-order valence-electron chi connectivity index (χ0n) is 6.67. The number of pyridine rings is 1. The molecular weight excluding hydrogens is 214 g/mol. The molecule has 0 aliphatic rings. The lowest BCUT2D eigenvalue weighted by Crippen LogP contribution is -2.00. The van der Waals surface area contributed by atoms with Gasteiger partial charge < -0.3 is 0 Å². The van der Waals surface area contributed by atoms with E-state index in [1.807, 2.05) is 0 Å². The second-order valence-corrected chi connectivity index (χ2v) is 2.72. The van der Waals surface area contributed by atoms with Gasteiger partial charge >= 0.3 is 0 Å². The van der Waals surface area contributed by atoms with Crippen molar-refractivity contribution in [3.05, 3.63) is 28.0 Å². The fourth-order valence-corrected chi connectivity index (χ4v) is 1.10. The lowest BCUT2D eigenvalue weighted by molar-refractivity contribution is 0.112. The largest absolute Gasteiger partial charge is 0.298 e. The predicted molar refractivity (Wildman–Crippen MR) is 44.3 cm³/mol. The van der Waals surface area contributed by atoms with Gasteiger partial charge in [0.1, 0.15) is 11.8 Å². The van der Waals surface area contributed by atoms with Gasteiger partial charge in [-0.1, -0.05) is 11.6 Å². The van der Waals surface area contributed by atoms with Crippen LogP contribution in [0.5, 0.6) is 0 Å². The second-order valence-electron chi connectivity index (χ2n) is 2.31. The number of alkyl halides is 2. The van der Waals surface area contributed by atoms with E-state index in [-0.39, 0.29) is 16.9 Å². The Morgan fingerprint density at radius 3 is 2.71 bits per heavy atom. The Morgan fingerprint density at radius 1 is 1.64 bits per heavy atom. The highest BCUT2D eigenvalue weighted by atomic mass is 35.5. The van der Waals surface area contributed by atoms with Gasteiger partial charge in [-0.2, -0.15) is 5.26 Å². The molecule has 1 heterocycles. The highest BCUT2D eigenvalue weighted by Gasteiger charge is 2.19. The molecule has 1 rings (SSSR count).